The van der Waals surface area contributed by atoms with Crippen LogP contribution in [0.3, 0.4) is 0 Å². The lowest BCUT2D eigenvalue weighted by Gasteiger charge is -2.51. The Morgan fingerprint density at radius 2 is 1.88 bits per heavy atom. The maximum absolute atomic E-state index is 13.3. The van der Waals surface area contributed by atoms with E-state index in [0.717, 1.165) is 6.54 Å². The van der Waals surface area contributed by atoms with Crippen LogP contribution < -0.4 is 38.5 Å². The molecule has 2 aliphatic heterocycles. The maximum atomic E-state index is 13.3. The van der Waals surface area contributed by atoms with Crippen molar-refractivity contribution in [3.05, 3.63) is 11.8 Å². The Bertz CT molecular complexity index is 1030. The molecule has 11 atom stereocenters. The lowest BCUT2D eigenvalue weighted by atomic mass is 9.71. The molecule has 2 aliphatic carbocycles. The second-order valence-electron chi connectivity index (χ2n) is 12.6. The van der Waals surface area contributed by atoms with E-state index in [4.69, 9.17) is 36.8 Å². The molecule has 43 heavy (non-hydrogen) atoms. The molecule has 1 unspecified atom stereocenters. The first-order chi connectivity index (χ1) is 20.2. The molecule has 0 aromatic heterocycles. The van der Waals surface area contributed by atoms with Crippen LogP contribution in [0.1, 0.15) is 39.5 Å². The highest BCUT2D eigenvalue weighted by Crippen LogP contribution is 2.38. The van der Waals surface area contributed by atoms with E-state index < -0.39 is 77.9 Å². The Kier molecular flexibility index (Phi) is 10.6. The van der Waals surface area contributed by atoms with E-state index in [9.17, 15) is 25.2 Å². The van der Waals surface area contributed by atoms with Gasteiger partial charge in [0.15, 0.2) is 12.2 Å². The third kappa shape index (κ3) is 7.24. The van der Waals surface area contributed by atoms with E-state index >= 15 is 0 Å². The molecule has 16 nitrogen and oxygen atoms in total. The molecule has 15 N–H and O–H groups in total. The first-order valence-electron chi connectivity index (χ1n) is 14.9. The summed E-state index contributed by atoms with van der Waals surface area (Å²) in [6, 6.07) is -3.19. The molecule has 0 radical (unpaired) electrons. The van der Waals surface area contributed by atoms with Crippen molar-refractivity contribution in [2.75, 3.05) is 26.7 Å². The number of aliphatic hydroxyl groups excluding tert-OH is 2. The number of nitrogens with two attached hydrogens (primary N) is 3. The van der Waals surface area contributed by atoms with Gasteiger partial charge < -0.3 is 73.1 Å². The highest BCUT2D eigenvalue weighted by atomic mass is 16.7. The van der Waals surface area contributed by atoms with E-state index in [2.05, 4.69) is 21.3 Å². The molecule has 0 aromatic carbocycles. The Hall–Kier alpha value is -2.12. The SMILES string of the molecule is CCNCC1=CC[C@@H](N)[C@@H](C2[C@@H](N)C[C@@H](NC(=O)C3(O)CC(NC(=N)N)C3)[C@H](O[C@H]3OC[C@](C)(O)[C@H](NC)[C@H]3O)[C@H]2O)O1. The van der Waals surface area contributed by atoms with Gasteiger partial charge >= 0.3 is 0 Å². The molecule has 1 saturated heterocycles. The highest BCUT2D eigenvalue weighted by Gasteiger charge is 2.55. The number of guanidine groups is 1. The molecule has 2 heterocycles. The molecule has 246 valence electrons. The van der Waals surface area contributed by atoms with Crippen molar-refractivity contribution < 1.29 is 39.4 Å². The fraction of sp³-hybridized carbons (Fsp3) is 0.852. The van der Waals surface area contributed by atoms with Crippen LogP contribution in [0.2, 0.25) is 0 Å². The predicted octanol–water partition coefficient (Wildman–Crippen LogP) is -4.39. The summed E-state index contributed by atoms with van der Waals surface area (Å²) in [6.45, 7) is 4.56. The van der Waals surface area contributed by atoms with Crippen molar-refractivity contribution in [2.24, 2.45) is 23.1 Å². The fourth-order valence-electron chi connectivity index (χ4n) is 6.77. The van der Waals surface area contributed by atoms with E-state index in [1.165, 1.54) is 6.92 Å². The molecule has 16 heteroatoms. The van der Waals surface area contributed by atoms with Gasteiger partial charge in [0.05, 0.1) is 31.3 Å². The van der Waals surface area contributed by atoms with E-state index in [1.54, 1.807) is 7.05 Å². The normalized spacial score (nSPS) is 44.9. The Labute approximate surface area is 251 Å². The van der Waals surface area contributed by atoms with E-state index in [0.29, 0.717) is 18.7 Å². The van der Waals surface area contributed by atoms with Crippen molar-refractivity contribution in [3.63, 3.8) is 0 Å². The number of likely N-dealkylation sites (N-methyl/N-ethyl adjacent to an activating group) is 2. The standard InChI is InChI=1S/C27H50N8O8/c1-4-33-10-13-5-6-14(28)20(42-13)17-15(29)7-16(35-24(38)27(40)8-12(9-27)34-25(30)31)21(18(17)36)43-23-19(37)22(32-3)26(2,39)11-41-23/h5,12,14-23,32-33,36-37,39-40H,4,6-11,28-29H2,1-3H3,(H,35,38)(H4,30,31,34)/t12?,14-,15+,16-,17?,18+,19-,20+,21+,22-,23-,26+,27?/m1/s1. The molecule has 0 aromatic rings. The van der Waals surface area contributed by atoms with Crippen LogP contribution in [-0.2, 0) is 19.0 Å². The minimum Gasteiger partial charge on any atom is -0.492 e. The van der Waals surface area contributed by atoms with Crippen LogP contribution in [0.5, 0.6) is 0 Å². The second kappa shape index (κ2) is 13.5. The molecule has 1 amide bonds. The van der Waals surface area contributed by atoms with Gasteiger partial charge in [-0.1, -0.05) is 6.92 Å². The van der Waals surface area contributed by atoms with Crippen molar-refractivity contribution in [1.29, 1.82) is 5.41 Å². The van der Waals surface area contributed by atoms with Gasteiger partial charge in [-0.25, -0.2) is 0 Å². The quantitative estimate of drug-likeness (QED) is 0.0818. The van der Waals surface area contributed by atoms with Gasteiger partial charge in [0.25, 0.3) is 5.91 Å². The number of ether oxygens (including phenoxy) is 3. The van der Waals surface area contributed by atoms with Crippen LogP contribution in [0, 0.1) is 11.3 Å². The molecular weight excluding hydrogens is 564 g/mol. The van der Waals surface area contributed by atoms with Gasteiger partial charge in [0.1, 0.15) is 35.3 Å². The minimum absolute atomic E-state index is 0.0307. The van der Waals surface area contributed by atoms with Crippen LogP contribution >= 0.6 is 0 Å². The molecule has 0 spiro atoms. The van der Waals surface area contributed by atoms with Crippen LogP contribution in [0.15, 0.2) is 11.8 Å². The summed E-state index contributed by atoms with van der Waals surface area (Å²) in [5, 5.41) is 63.5. The molecule has 3 fully saturated rings. The number of carbonyl (C=O) groups is 1. The zero-order valence-electron chi connectivity index (χ0n) is 25.0. The number of amides is 1. The first-order valence-corrected chi connectivity index (χ1v) is 14.9. The Balaban J connectivity index is 1.56. The van der Waals surface area contributed by atoms with Crippen LogP contribution in [0.25, 0.3) is 0 Å². The third-order valence-electron chi connectivity index (χ3n) is 9.10. The molecule has 4 rings (SSSR count). The number of aliphatic hydroxyl groups is 4. The van der Waals surface area contributed by atoms with Crippen molar-refractivity contribution in [2.45, 2.75) is 112 Å². The van der Waals surface area contributed by atoms with Crippen LogP contribution in [0.4, 0.5) is 0 Å². The lowest BCUT2D eigenvalue weighted by Crippen LogP contribution is -2.71. The Morgan fingerprint density at radius 3 is 2.51 bits per heavy atom. The summed E-state index contributed by atoms with van der Waals surface area (Å²) < 4.78 is 18.2. The maximum Gasteiger partial charge on any atom is 0.252 e. The molecular formula is C27H50N8O8. The molecule has 4 aliphatic rings. The van der Waals surface area contributed by atoms with Crippen molar-refractivity contribution >= 4 is 11.9 Å². The molecule has 2 saturated carbocycles. The Morgan fingerprint density at radius 1 is 1.19 bits per heavy atom. The second-order valence-corrected chi connectivity index (χ2v) is 12.6. The van der Waals surface area contributed by atoms with Crippen LogP contribution in [-0.4, -0.2) is 131 Å². The van der Waals surface area contributed by atoms with Gasteiger partial charge in [-0.15, -0.1) is 0 Å². The number of nitrogens with one attached hydrogen (secondary N) is 5. The number of rotatable bonds is 10. The largest absolute Gasteiger partial charge is 0.492 e. The highest BCUT2D eigenvalue weighted by molar-refractivity contribution is 5.87. The summed E-state index contributed by atoms with van der Waals surface area (Å²) >= 11 is 0. The van der Waals surface area contributed by atoms with Crippen molar-refractivity contribution in [3.8, 4) is 0 Å². The van der Waals surface area contributed by atoms with Crippen molar-refractivity contribution in [1.82, 2.24) is 21.3 Å². The average molecular weight is 615 g/mol. The van der Waals surface area contributed by atoms with Gasteiger partial charge in [0, 0.05) is 36.9 Å². The minimum atomic E-state index is -1.72. The zero-order valence-corrected chi connectivity index (χ0v) is 25.0. The van der Waals surface area contributed by atoms with Gasteiger partial charge in [-0.3, -0.25) is 10.2 Å². The zero-order chi connectivity index (χ0) is 31.7. The first kappa shape index (κ1) is 33.8. The van der Waals surface area contributed by atoms with Gasteiger partial charge in [0.2, 0.25) is 0 Å². The summed E-state index contributed by atoms with van der Waals surface area (Å²) in [5.41, 5.74) is 15.4. The fourth-order valence-corrected chi connectivity index (χ4v) is 6.77. The molecule has 0 bridgehead atoms. The third-order valence-corrected chi connectivity index (χ3v) is 9.10. The van der Waals surface area contributed by atoms with E-state index in [1.807, 2.05) is 13.0 Å². The number of hydrogen-bond donors (Lipinski definition) is 12. The summed E-state index contributed by atoms with van der Waals surface area (Å²) in [4.78, 5) is 13.3. The lowest BCUT2D eigenvalue weighted by molar-refractivity contribution is -0.297. The van der Waals surface area contributed by atoms with E-state index in [-0.39, 0.29) is 37.9 Å². The van der Waals surface area contributed by atoms with Gasteiger partial charge in [-0.2, -0.15) is 0 Å². The smallest absolute Gasteiger partial charge is 0.252 e. The summed E-state index contributed by atoms with van der Waals surface area (Å²) in [6.07, 6.45) is -3.12. The predicted molar refractivity (Wildman–Crippen MR) is 155 cm³/mol. The topological polar surface area (TPSA) is 276 Å². The van der Waals surface area contributed by atoms with Gasteiger partial charge in [-0.05, 0) is 39.4 Å². The number of hydrogen-bond acceptors (Lipinski definition) is 13. The average Bonchev–Trinajstić information content (AvgIpc) is 2.90. The summed E-state index contributed by atoms with van der Waals surface area (Å²) in [7, 11) is 1.59. The summed E-state index contributed by atoms with van der Waals surface area (Å²) in [5.74, 6) is -0.969. The monoisotopic (exact) mass is 614 g/mol. The number of carbonyl (C=O) groups excluding carboxylic acids is 1.